The Balaban J connectivity index is 2.73. The van der Waals surface area contributed by atoms with Crippen LogP contribution in [0.5, 0.6) is 0 Å². The highest BCUT2D eigenvalue weighted by atomic mass is 79.9. The summed E-state index contributed by atoms with van der Waals surface area (Å²) in [5, 5.41) is 2.22. The van der Waals surface area contributed by atoms with Crippen molar-refractivity contribution in [3.63, 3.8) is 0 Å². The summed E-state index contributed by atoms with van der Waals surface area (Å²) in [7, 11) is 0. The van der Waals surface area contributed by atoms with E-state index in [4.69, 9.17) is 23.2 Å². The highest BCUT2D eigenvalue weighted by molar-refractivity contribution is 9.09. The van der Waals surface area contributed by atoms with Gasteiger partial charge in [0, 0.05) is 24.5 Å². The summed E-state index contributed by atoms with van der Waals surface area (Å²) in [4.78, 5) is 2.38. The SMILES string of the molecule is CC(C)N(CCBr)Cc1ccc(Cl)c(Cl)c1. The summed E-state index contributed by atoms with van der Waals surface area (Å²) in [5.41, 5.74) is 1.20. The van der Waals surface area contributed by atoms with Crippen LogP contribution in [0.1, 0.15) is 19.4 Å². The van der Waals surface area contributed by atoms with Crippen LogP contribution >= 0.6 is 39.1 Å². The molecule has 0 bridgehead atoms. The van der Waals surface area contributed by atoms with Gasteiger partial charge in [0.05, 0.1) is 10.0 Å². The van der Waals surface area contributed by atoms with Gasteiger partial charge in [0.2, 0.25) is 0 Å². The zero-order valence-electron chi connectivity index (χ0n) is 9.51. The first-order chi connectivity index (χ1) is 7.54. The van der Waals surface area contributed by atoms with Crippen LogP contribution in [-0.4, -0.2) is 22.8 Å². The van der Waals surface area contributed by atoms with Crippen LogP contribution in [0.3, 0.4) is 0 Å². The van der Waals surface area contributed by atoms with Gasteiger partial charge < -0.3 is 0 Å². The van der Waals surface area contributed by atoms with Crippen LogP contribution in [0, 0.1) is 0 Å². The molecular weight excluding hydrogens is 309 g/mol. The third kappa shape index (κ3) is 4.25. The standard InChI is InChI=1S/C12H16BrCl2N/c1-9(2)16(6-5-13)8-10-3-4-11(14)12(15)7-10/h3-4,7,9H,5-6,8H2,1-2H3. The van der Waals surface area contributed by atoms with Crippen molar-refractivity contribution < 1.29 is 0 Å². The van der Waals surface area contributed by atoms with Crippen molar-refractivity contribution in [2.75, 3.05) is 11.9 Å². The van der Waals surface area contributed by atoms with E-state index < -0.39 is 0 Å². The smallest absolute Gasteiger partial charge is 0.0595 e. The maximum absolute atomic E-state index is 5.99. The third-order valence-corrected chi connectivity index (χ3v) is 3.57. The van der Waals surface area contributed by atoms with E-state index in [1.54, 1.807) is 0 Å². The van der Waals surface area contributed by atoms with Crippen molar-refractivity contribution in [3.05, 3.63) is 33.8 Å². The molecule has 0 heterocycles. The molecule has 0 aliphatic heterocycles. The fourth-order valence-electron chi connectivity index (χ4n) is 1.50. The Labute approximate surface area is 116 Å². The van der Waals surface area contributed by atoms with Crippen molar-refractivity contribution in [2.24, 2.45) is 0 Å². The van der Waals surface area contributed by atoms with Crippen LogP contribution in [0.15, 0.2) is 18.2 Å². The highest BCUT2D eigenvalue weighted by Gasteiger charge is 2.10. The largest absolute Gasteiger partial charge is 0.296 e. The molecule has 1 rings (SSSR count). The van der Waals surface area contributed by atoms with Gasteiger partial charge in [-0.3, -0.25) is 4.90 Å². The van der Waals surface area contributed by atoms with E-state index >= 15 is 0 Å². The molecule has 0 spiro atoms. The predicted molar refractivity (Wildman–Crippen MR) is 75.8 cm³/mol. The topological polar surface area (TPSA) is 3.24 Å². The Bertz CT molecular complexity index is 342. The van der Waals surface area contributed by atoms with Gasteiger partial charge in [-0.25, -0.2) is 0 Å². The molecule has 4 heteroatoms. The molecular formula is C12H16BrCl2N. The Kier molecular flexibility index (Phi) is 6.12. The van der Waals surface area contributed by atoms with Crippen LogP contribution < -0.4 is 0 Å². The van der Waals surface area contributed by atoms with Crippen LogP contribution in [0.4, 0.5) is 0 Å². The number of alkyl halides is 1. The first-order valence-electron chi connectivity index (χ1n) is 5.28. The van der Waals surface area contributed by atoms with E-state index in [0.717, 1.165) is 18.4 Å². The molecule has 0 aliphatic carbocycles. The highest BCUT2D eigenvalue weighted by Crippen LogP contribution is 2.23. The van der Waals surface area contributed by atoms with Crippen molar-refractivity contribution in [1.29, 1.82) is 0 Å². The van der Waals surface area contributed by atoms with Crippen LogP contribution in [0.25, 0.3) is 0 Å². The van der Waals surface area contributed by atoms with E-state index in [1.807, 2.05) is 18.2 Å². The predicted octanol–water partition coefficient (Wildman–Crippen LogP) is 4.60. The Morgan fingerprint density at radius 1 is 1.25 bits per heavy atom. The van der Waals surface area contributed by atoms with E-state index in [0.29, 0.717) is 16.1 Å². The Hall–Kier alpha value is 0.240. The van der Waals surface area contributed by atoms with Crippen molar-refractivity contribution in [2.45, 2.75) is 26.4 Å². The second kappa shape index (κ2) is 6.85. The Morgan fingerprint density at radius 2 is 1.94 bits per heavy atom. The molecule has 0 saturated carbocycles. The van der Waals surface area contributed by atoms with Gasteiger partial charge in [0.25, 0.3) is 0 Å². The summed E-state index contributed by atoms with van der Waals surface area (Å²) in [6, 6.07) is 6.34. The van der Waals surface area contributed by atoms with Crippen molar-refractivity contribution >= 4 is 39.1 Å². The first kappa shape index (κ1) is 14.3. The first-order valence-corrected chi connectivity index (χ1v) is 7.16. The van der Waals surface area contributed by atoms with Crippen molar-refractivity contribution in [3.8, 4) is 0 Å². The minimum absolute atomic E-state index is 0.520. The number of hydrogen-bond donors (Lipinski definition) is 0. The summed E-state index contributed by atoms with van der Waals surface area (Å²) >= 11 is 15.4. The lowest BCUT2D eigenvalue weighted by Crippen LogP contribution is -2.31. The molecule has 0 unspecified atom stereocenters. The maximum atomic E-state index is 5.99. The number of hydrogen-bond acceptors (Lipinski definition) is 1. The maximum Gasteiger partial charge on any atom is 0.0595 e. The lowest BCUT2D eigenvalue weighted by Gasteiger charge is -2.25. The molecule has 1 nitrogen and oxygen atoms in total. The molecule has 1 aromatic carbocycles. The second-order valence-electron chi connectivity index (χ2n) is 4.00. The molecule has 0 N–H and O–H groups in total. The summed E-state index contributed by atoms with van der Waals surface area (Å²) < 4.78 is 0. The normalized spacial score (nSPS) is 11.4. The molecule has 90 valence electrons. The quantitative estimate of drug-likeness (QED) is 0.715. The van der Waals surface area contributed by atoms with Crippen LogP contribution in [0.2, 0.25) is 10.0 Å². The molecule has 0 aliphatic rings. The molecule has 16 heavy (non-hydrogen) atoms. The number of nitrogens with zero attached hydrogens (tertiary/aromatic N) is 1. The summed E-state index contributed by atoms with van der Waals surface area (Å²) in [6.07, 6.45) is 0. The van der Waals surface area contributed by atoms with E-state index in [1.165, 1.54) is 5.56 Å². The lowest BCUT2D eigenvalue weighted by atomic mass is 10.2. The molecule has 0 amide bonds. The zero-order chi connectivity index (χ0) is 12.1. The molecule has 1 aromatic rings. The second-order valence-corrected chi connectivity index (χ2v) is 5.61. The monoisotopic (exact) mass is 323 g/mol. The molecule has 0 saturated heterocycles. The molecule has 0 aromatic heterocycles. The zero-order valence-corrected chi connectivity index (χ0v) is 12.6. The summed E-state index contributed by atoms with van der Waals surface area (Å²) in [6.45, 7) is 6.32. The average Bonchev–Trinajstić information content (AvgIpc) is 2.22. The third-order valence-electron chi connectivity index (χ3n) is 2.47. The number of rotatable bonds is 5. The average molecular weight is 325 g/mol. The van der Waals surface area contributed by atoms with Gasteiger partial charge in [-0.15, -0.1) is 0 Å². The minimum atomic E-state index is 0.520. The van der Waals surface area contributed by atoms with Gasteiger partial charge in [-0.05, 0) is 31.5 Å². The summed E-state index contributed by atoms with van der Waals surface area (Å²) in [5.74, 6) is 0. The van der Waals surface area contributed by atoms with Gasteiger partial charge in [-0.2, -0.15) is 0 Å². The number of benzene rings is 1. The van der Waals surface area contributed by atoms with E-state index in [9.17, 15) is 0 Å². The molecule has 0 radical (unpaired) electrons. The molecule has 0 fully saturated rings. The number of halogens is 3. The fraction of sp³-hybridized carbons (Fsp3) is 0.500. The fourth-order valence-corrected chi connectivity index (χ4v) is 2.28. The lowest BCUT2D eigenvalue weighted by molar-refractivity contribution is 0.227. The van der Waals surface area contributed by atoms with Gasteiger partial charge in [0.15, 0.2) is 0 Å². The van der Waals surface area contributed by atoms with Gasteiger partial charge in [-0.1, -0.05) is 45.2 Å². The van der Waals surface area contributed by atoms with Crippen molar-refractivity contribution in [1.82, 2.24) is 4.90 Å². The minimum Gasteiger partial charge on any atom is -0.296 e. The van der Waals surface area contributed by atoms with Crippen LogP contribution in [-0.2, 0) is 6.54 Å². The van der Waals surface area contributed by atoms with Gasteiger partial charge >= 0.3 is 0 Å². The van der Waals surface area contributed by atoms with E-state index in [2.05, 4.69) is 34.7 Å². The molecule has 0 atom stereocenters. The van der Waals surface area contributed by atoms with E-state index in [-0.39, 0.29) is 0 Å². The Morgan fingerprint density at radius 3 is 2.44 bits per heavy atom. The van der Waals surface area contributed by atoms with Gasteiger partial charge in [0.1, 0.15) is 0 Å².